The zero-order valence-electron chi connectivity index (χ0n) is 17.7. The monoisotopic (exact) mass is 507 g/mol. The Balaban J connectivity index is 1.65. The second-order valence-electron chi connectivity index (χ2n) is 7.00. The van der Waals surface area contributed by atoms with E-state index in [9.17, 15) is 9.59 Å². The number of benzene rings is 2. The maximum atomic E-state index is 12.9. The molecule has 1 heterocycles. The highest BCUT2D eigenvalue weighted by Crippen LogP contribution is 2.32. The van der Waals surface area contributed by atoms with Crippen LogP contribution >= 0.6 is 46.3 Å². The van der Waals surface area contributed by atoms with Crippen LogP contribution in [0.3, 0.4) is 0 Å². The van der Waals surface area contributed by atoms with Crippen molar-refractivity contribution in [2.24, 2.45) is 0 Å². The summed E-state index contributed by atoms with van der Waals surface area (Å²) in [6.07, 6.45) is 1.92. The first-order valence-corrected chi connectivity index (χ1v) is 12.7. The number of hydrogen-bond donors (Lipinski definition) is 2. The van der Waals surface area contributed by atoms with Crippen molar-refractivity contribution in [2.45, 2.75) is 43.3 Å². The van der Waals surface area contributed by atoms with Crippen LogP contribution in [0.5, 0.6) is 0 Å². The third-order valence-corrected chi connectivity index (χ3v) is 7.34. The molecule has 5 nitrogen and oxygen atoms in total. The highest BCUT2D eigenvalue weighted by Gasteiger charge is 2.20. The zero-order valence-corrected chi connectivity index (χ0v) is 20.8. The Bertz CT molecular complexity index is 1100. The topological polar surface area (TPSA) is 71.1 Å². The lowest BCUT2D eigenvalue weighted by molar-refractivity contribution is -0.116. The number of hydrogen-bond acceptors (Lipinski definition) is 5. The van der Waals surface area contributed by atoms with E-state index in [4.69, 9.17) is 23.2 Å². The summed E-state index contributed by atoms with van der Waals surface area (Å²) in [4.78, 5) is 30.1. The smallest absolute Gasteiger partial charge is 0.239 e. The van der Waals surface area contributed by atoms with Crippen LogP contribution in [0.4, 0.5) is 10.8 Å². The van der Waals surface area contributed by atoms with Gasteiger partial charge in [-0.05, 0) is 43.2 Å². The third-order valence-electron chi connectivity index (χ3n) is 4.49. The fourth-order valence-electron chi connectivity index (χ4n) is 2.89. The van der Waals surface area contributed by atoms with E-state index in [1.54, 1.807) is 12.1 Å². The molecule has 0 radical (unpaired) electrons. The summed E-state index contributed by atoms with van der Waals surface area (Å²) in [6, 6.07) is 12.9. The zero-order chi connectivity index (χ0) is 23.1. The molecule has 1 unspecified atom stereocenters. The summed E-state index contributed by atoms with van der Waals surface area (Å²) in [7, 11) is 0. The number of amides is 2. The standard InChI is InChI=1S/C23H23Cl2N3O2S2/c1-3-6-21(29)26-15-7-5-8-16(12-15)32-20(4-2)22(30)28-23-27-19(13-31-23)14-9-10-17(24)18(25)11-14/h5,7-13,20H,3-4,6H2,1-2H3,(H,26,29)(H,27,28,30). The number of rotatable bonds is 9. The van der Waals surface area contributed by atoms with Crippen molar-refractivity contribution in [3.63, 3.8) is 0 Å². The number of halogens is 2. The van der Waals surface area contributed by atoms with E-state index in [1.165, 1.54) is 23.1 Å². The molecule has 0 fully saturated rings. The van der Waals surface area contributed by atoms with Gasteiger partial charge in [0.25, 0.3) is 0 Å². The number of nitrogens with one attached hydrogen (secondary N) is 2. The highest BCUT2D eigenvalue weighted by molar-refractivity contribution is 8.00. The molecule has 0 saturated carbocycles. The quantitative estimate of drug-likeness (QED) is 0.296. The first-order chi connectivity index (χ1) is 15.4. The Kier molecular flexibility index (Phi) is 8.99. The fraction of sp³-hybridized carbons (Fsp3) is 0.261. The van der Waals surface area contributed by atoms with Crippen LogP contribution in [0, 0.1) is 0 Å². The molecule has 168 valence electrons. The molecule has 9 heteroatoms. The van der Waals surface area contributed by atoms with E-state index in [1.807, 2.05) is 49.6 Å². The molecule has 0 spiro atoms. The maximum absolute atomic E-state index is 12.9. The molecule has 3 aromatic rings. The highest BCUT2D eigenvalue weighted by atomic mass is 35.5. The second-order valence-corrected chi connectivity index (χ2v) is 9.95. The van der Waals surface area contributed by atoms with Crippen molar-refractivity contribution in [3.05, 3.63) is 57.9 Å². The van der Waals surface area contributed by atoms with Crippen molar-refractivity contribution in [1.82, 2.24) is 4.98 Å². The first-order valence-electron chi connectivity index (χ1n) is 10.2. The van der Waals surface area contributed by atoms with Crippen molar-refractivity contribution < 1.29 is 9.59 Å². The van der Waals surface area contributed by atoms with Gasteiger partial charge in [0.05, 0.1) is 21.0 Å². The molecule has 2 aromatic carbocycles. The van der Waals surface area contributed by atoms with E-state index in [0.29, 0.717) is 28.0 Å². The number of thioether (sulfide) groups is 1. The van der Waals surface area contributed by atoms with Crippen LogP contribution < -0.4 is 10.6 Å². The average molecular weight is 508 g/mol. The normalized spacial score (nSPS) is 11.8. The number of carbonyl (C=O) groups is 2. The van der Waals surface area contributed by atoms with Gasteiger partial charge in [-0.25, -0.2) is 4.98 Å². The first kappa shape index (κ1) is 24.6. The Morgan fingerprint density at radius 3 is 2.62 bits per heavy atom. The second kappa shape index (κ2) is 11.7. The van der Waals surface area contributed by atoms with Crippen LogP contribution in [-0.2, 0) is 9.59 Å². The Morgan fingerprint density at radius 2 is 1.91 bits per heavy atom. The molecule has 1 atom stereocenters. The van der Waals surface area contributed by atoms with Crippen molar-refractivity contribution in [1.29, 1.82) is 0 Å². The van der Waals surface area contributed by atoms with E-state index in [0.717, 1.165) is 28.3 Å². The van der Waals surface area contributed by atoms with Crippen molar-refractivity contribution >= 4 is 68.9 Å². The molecule has 0 aliphatic heterocycles. The van der Waals surface area contributed by atoms with E-state index in [2.05, 4.69) is 15.6 Å². The fourth-order valence-corrected chi connectivity index (χ4v) is 4.92. The molecule has 2 amide bonds. The molecule has 0 aliphatic carbocycles. The summed E-state index contributed by atoms with van der Waals surface area (Å²) >= 11 is 14.9. The minimum Gasteiger partial charge on any atom is -0.326 e. The summed E-state index contributed by atoms with van der Waals surface area (Å²) in [6.45, 7) is 3.93. The van der Waals surface area contributed by atoms with Gasteiger partial charge in [0.1, 0.15) is 0 Å². The lowest BCUT2D eigenvalue weighted by atomic mass is 10.2. The summed E-state index contributed by atoms with van der Waals surface area (Å²) in [5.74, 6) is -0.131. The third kappa shape index (κ3) is 6.72. The van der Waals surface area contributed by atoms with Crippen molar-refractivity contribution in [3.8, 4) is 11.3 Å². The summed E-state index contributed by atoms with van der Waals surface area (Å²) < 4.78 is 0. The summed E-state index contributed by atoms with van der Waals surface area (Å²) in [5.41, 5.74) is 2.29. The van der Waals surface area contributed by atoms with Gasteiger partial charge < -0.3 is 10.6 Å². The molecule has 0 bridgehead atoms. The van der Waals surface area contributed by atoms with Crippen LogP contribution in [0.15, 0.2) is 52.7 Å². The van der Waals surface area contributed by atoms with Gasteiger partial charge in [-0.3, -0.25) is 9.59 Å². The predicted octanol–water partition coefficient (Wildman–Crippen LogP) is 7.36. The molecule has 2 N–H and O–H groups in total. The predicted molar refractivity (Wildman–Crippen MR) is 136 cm³/mol. The number of aromatic nitrogens is 1. The molecule has 0 aliphatic rings. The largest absolute Gasteiger partial charge is 0.326 e. The minimum atomic E-state index is -0.297. The van der Waals surface area contributed by atoms with Gasteiger partial charge in [-0.2, -0.15) is 0 Å². The number of nitrogens with zero attached hydrogens (tertiary/aromatic N) is 1. The van der Waals surface area contributed by atoms with Gasteiger partial charge in [-0.15, -0.1) is 23.1 Å². The molecule has 32 heavy (non-hydrogen) atoms. The van der Waals surface area contributed by atoms with Crippen LogP contribution in [0.2, 0.25) is 10.0 Å². The van der Waals surface area contributed by atoms with Crippen LogP contribution in [-0.4, -0.2) is 22.0 Å². The number of anilines is 2. The Morgan fingerprint density at radius 1 is 1.09 bits per heavy atom. The molecular formula is C23H23Cl2N3O2S2. The maximum Gasteiger partial charge on any atom is 0.239 e. The Hall–Kier alpha value is -2.06. The van der Waals surface area contributed by atoms with Gasteiger partial charge in [0.15, 0.2) is 5.13 Å². The van der Waals surface area contributed by atoms with E-state index < -0.39 is 0 Å². The van der Waals surface area contributed by atoms with Gasteiger partial charge in [-0.1, -0.05) is 49.2 Å². The Labute approximate surface area is 205 Å². The minimum absolute atomic E-state index is 0.0130. The van der Waals surface area contributed by atoms with Crippen LogP contribution in [0.25, 0.3) is 11.3 Å². The molecule has 3 rings (SSSR count). The average Bonchev–Trinajstić information content (AvgIpc) is 3.22. The van der Waals surface area contributed by atoms with Gasteiger partial charge in [0, 0.05) is 27.9 Å². The van der Waals surface area contributed by atoms with Gasteiger partial charge in [0.2, 0.25) is 11.8 Å². The lowest BCUT2D eigenvalue weighted by Crippen LogP contribution is -2.24. The van der Waals surface area contributed by atoms with E-state index >= 15 is 0 Å². The molecule has 1 aromatic heterocycles. The molecular weight excluding hydrogens is 485 g/mol. The number of thiazole rings is 1. The number of carbonyl (C=O) groups excluding carboxylic acids is 2. The lowest BCUT2D eigenvalue weighted by Gasteiger charge is -2.14. The van der Waals surface area contributed by atoms with Crippen molar-refractivity contribution in [2.75, 3.05) is 10.6 Å². The molecule has 0 saturated heterocycles. The van der Waals surface area contributed by atoms with Crippen LogP contribution in [0.1, 0.15) is 33.1 Å². The van der Waals surface area contributed by atoms with E-state index in [-0.39, 0.29) is 17.1 Å². The summed E-state index contributed by atoms with van der Waals surface area (Å²) in [5, 5.41) is 8.83. The SMILES string of the molecule is CCCC(=O)Nc1cccc(SC(CC)C(=O)Nc2nc(-c3ccc(Cl)c(Cl)c3)cs2)c1. The van der Waals surface area contributed by atoms with Gasteiger partial charge >= 0.3 is 0 Å².